The van der Waals surface area contributed by atoms with E-state index in [4.69, 9.17) is 5.11 Å². The van der Waals surface area contributed by atoms with Crippen molar-refractivity contribution in [3.8, 4) is 0 Å². The first-order valence-corrected chi connectivity index (χ1v) is 5.71. The Hall–Kier alpha value is -0.220. The van der Waals surface area contributed by atoms with Crippen LogP contribution < -0.4 is 0 Å². The van der Waals surface area contributed by atoms with E-state index in [1.807, 2.05) is 11.8 Å². The Bertz CT molecular complexity index is 188. The zero-order valence-corrected chi connectivity index (χ0v) is 9.06. The van der Waals surface area contributed by atoms with Crippen LogP contribution in [-0.4, -0.2) is 47.1 Å². The third-order valence-corrected chi connectivity index (χ3v) is 3.24. The summed E-state index contributed by atoms with van der Waals surface area (Å²) in [6.07, 6.45) is 0. The van der Waals surface area contributed by atoms with Crippen molar-refractivity contribution in [3.05, 3.63) is 0 Å². The van der Waals surface area contributed by atoms with Crippen LogP contribution in [0.3, 0.4) is 0 Å². The SMILES string of the molecule is CC(C)(CN1CCSCC1)C(=O)O. The van der Waals surface area contributed by atoms with Crippen molar-refractivity contribution in [2.24, 2.45) is 5.41 Å². The predicted octanol–water partition coefficient (Wildman–Crippen LogP) is 1.15. The van der Waals surface area contributed by atoms with Crippen LogP contribution in [0.25, 0.3) is 0 Å². The molecule has 0 saturated carbocycles. The van der Waals surface area contributed by atoms with Gasteiger partial charge in [-0.25, -0.2) is 0 Å². The molecule has 0 bridgehead atoms. The molecule has 1 heterocycles. The third kappa shape index (κ3) is 3.19. The van der Waals surface area contributed by atoms with Crippen molar-refractivity contribution < 1.29 is 9.90 Å². The average molecular weight is 203 g/mol. The fourth-order valence-corrected chi connectivity index (χ4v) is 2.36. The number of carboxylic acid groups (broad SMARTS) is 1. The number of carbonyl (C=O) groups is 1. The van der Waals surface area contributed by atoms with Crippen LogP contribution in [0.2, 0.25) is 0 Å². The van der Waals surface area contributed by atoms with Crippen LogP contribution in [0.5, 0.6) is 0 Å². The summed E-state index contributed by atoms with van der Waals surface area (Å²) in [6, 6.07) is 0. The number of rotatable bonds is 3. The summed E-state index contributed by atoms with van der Waals surface area (Å²) in [6.45, 7) is 6.31. The van der Waals surface area contributed by atoms with Gasteiger partial charge < -0.3 is 10.0 Å². The summed E-state index contributed by atoms with van der Waals surface area (Å²) in [5.41, 5.74) is -0.609. The van der Waals surface area contributed by atoms with Gasteiger partial charge in [0.1, 0.15) is 0 Å². The first-order valence-electron chi connectivity index (χ1n) is 4.56. The molecule has 1 aliphatic heterocycles. The van der Waals surface area contributed by atoms with Crippen LogP contribution in [0.1, 0.15) is 13.8 Å². The number of carboxylic acids is 1. The molecule has 76 valence electrons. The molecule has 1 N–H and O–H groups in total. The molecule has 3 nitrogen and oxygen atoms in total. The lowest BCUT2D eigenvalue weighted by molar-refractivity contribution is -0.147. The van der Waals surface area contributed by atoms with Crippen LogP contribution in [0.4, 0.5) is 0 Å². The first kappa shape index (κ1) is 10.9. The van der Waals surface area contributed by atoms with Gasteiger partial charge in [-0.2, -0.15) is 11.8 Å². The summed E-state index contributed by atoms with van der Waals surface area (Å²) in [5.74, 6) is 1.57. The second kappa shape index (κ2) is 4.33. The summed E-state index contributed by atoms with van der Waals surface area (Å²) < 4.78 is 0. The lowest BCUT2D eigenvalue weighted by atomic mass is 9.93. The van der Waals surface area contributed by atoms with Gasteiger partial charge in [0, 0.05) is 31.1 Å². The highest BCUT2D eigenvalue weighted by molar-refractivity contribution is 7.99. The first-order chi connectivity index (χ1) is 6.02. The molecule has 0 amide bonds. The van der Waals surface area contributed by atoms with Crippen molar-refractivity contribution in [2.45, 2.75) is 13.8 Å². The molecule has 1 saturated heterocycles. The molecule has 4 heteroatoms. The molecule has 1 aliphatic rings. The Morgan fingerprint density at radius 2 is 2.00 bits per heavy atom. The molecule has 0 aromatic carbocycles. The molecule has 0 aliphatic carbocycles. The van der Waals surface area contributed by atoms with Crippen molar-refractivity contribution in [2.75, 3.05) is 31.1 Å². The largest absolute Gasteiger partial charge is 0.481 e. The fourth-order valence-electron chi connectivity index (χ4n) is 1.39. The summed E-state index contributed by atoms with van der Waals surface area (Å²) in [5, 5.41) is 8.94. The van der Waals surface area contributed by atoms with E-state index in [1.165, 1.54) is 0 Å². The van der Waals surface area contributed by atoms with Gasteiger partial charge in [-0.15, -0.1) is 0 Å². The highest BCUT2D eigenvalue weighted by Crippen LogP contribution is 2.19. The molecule has 0 aromatic rings. The maximum atomic E-state index is 10.9. The minimum absolute atomic E-state index is 0.609. The van der Waals surface area contributed by atoms with Crippen LogP contribution in [-0.2, 0) is 4.79 Å². The van der Waals surface area contributed by atoms with Gasteiger partial charge in [0.2, 0.25) is 0 Å². The second-order valence-electron chi connectivity index (χ2n) is 4.08. The standard InChI is InChI=1S/C9H17NO2S/c1-9(2,8(11)12)7-10-3-5-13-6-4-10/h3-7H2,1-2H3,(H,11,12). The zero-order chi connectivity index (χ0) is 9.90. The quantitative estimate of drug-likeness (QED) is 0.747. The normalized spacial score (nSPS) is 20.2. The van der Waals surface area contributed by atoms with Gasteiger partial charge in [0.15, 0.2) is 0 Å². The van der Waals surface area contributed by atoms with Gasteiger partial charge in [-0.05, 0) is 13.8 Å². The van der Waals surface area contributed by atoms with E-state index in [0.29, 0.717) is 6.54 Å². The van der Waals surface area contributed by atoms with Gasteiger partial charge in [0.25, 0.3) is 0 Å². The Morgan fingerprint density at radius 1 is 1.46 bits per heavy atom. The number of thioether (sulfide) groups is 1. The maximum absolute atomic E-state index is 10.9. The van der Waals surface area contributed by atoms with E-state index in [-0.39, 0.29) is 0 Å². The molecule has 1 rings (SSSR count). The van der Waals surface area contributed by atoms with E-state index in [9.17, 15) is 4.79 Å². The lowest BCUT2D eigenvalue weighted by Crippen LogP contribution is -2.42. The minimum atomic E-state index is -0.703. The Labute approximate surface area is 83.5 Å². The molecule has 0 radical (unpaired) electrons. The van der Waals surface area contributed by atoms with Crippen LogP contribution in [0, 0.1) is 5.41 Å². The molecule has 0 unspecified atom stereocenters. The molecule has 0 spiro atoms. The van der Waals surface area contributed by atoms with Gasteiger partial charge in [-0.1, -0.05) is 0 Å². The number of hydrogen-bond acceptors (Lipinski definition) is 3. The topological polar surface area (TPSA) is 40.5 Å². The Morgan fingerprint density at radius 3 is 2.46 bits per heavy atom. The molecule has 0 aromatic heterocycles. The summed E-state index contributed by atoms with van der Waals surface area (Å²) in [4.78, 5) is 13.1. The van der Waals surface area contributed by atoms with Crippen LogP contribution in [0.15, 0.2) is 0 Å². The van der Waals surface area contributed by atoms with Crippen molar-refractivity contribution in [3.63, 3.8) is 0 Å². The van der Waals surface area contributed by atoms with Crippen molar-refractivity contribution >= 4 is 17.7 Å². The zero-order valence-electron chi connectivity index (χ0n) is 8.25. The number of aliphatic carboxylic acids is 1. The molecule has 13 heavy (non-hydrogen) atoms. The summed E-state index contributed by atoms with van der Waals surface area (Å²) in [7, 11) is 0. The van der Waals surface area contributed by atoms with E-state index >= 15 is 0 Å². The second-order valence-corrected chi connectivity index (χ2v) is 5.30. The Kier molecular flexibility index (Phi) is 3.62. The number of nitrogens with zero attached hydrogens (tertiary/aromatic N) is 1. The van der Waals surface area contributed by atoms with Gasteiger partial charge in [0.05, 0.1) is 5.41 Å². The number of hydrogen-bond donors (Lipinski definition) is 1. The van der Waals surface area contributed by atoms with E-state index < -0.39 is 11.4 Å². The van der Waals surface area contributed by atoms with E-state index in [2.05, 4.69) is 4.90 Å². The minimum Gasteiger partial charge on any atom is -0.481 e. The lowest BCUT2D eigenvalue weighted by Gasteiger charge is -2.32. The molecular formula is C9H17NO2S. The average Bonchev–Trinajstić information content (AvgIpc) is 2.05. The maximum Gasteiger partial charge on any atom is 0.310 e. The van der Waals surface area contributed by atoms with Crippen molar-refractivity contribution in [1.82, 2.24) is 4.90 Å². The van der Waals surface area contributed by atoms with E-state index in [1.54, 1.807) is 13.8 Å². The van der Waals surface area contributed by atoms with E-state index in [0.717, 1.165) is 24.6 Å². The highest BCUT2D eigenvalue weighted by Gasteiger charge is 2.30. The summed E-state index contributed by atoms with van der Waals surface area (Å²) >= 11 is 1.94. The predicted molar refractivity (Wildman–Crippen MR) is 55.2 cm³/mol. The molecule has 0 atom stereocenters. The highest BCUT2D eigenvalue weighted by atomic mass is 32.2. The smallest absolute Gasteiger partial charge is 0.310 e. The van der Waals surface area contributed by atoms with Gasteiger partial charge >= 0.3 is 5.97 Å². The molecular weight excluding hydrogens is 186 g/mol. The fraction of sp³-hybridized carbons (Fsp3) is 0.889. The van der Waals surface area contributed by atoms with Crippen molar-refractivity contribution in [1.29, 1.82) is 0 Å². The van der Waals surface area contributed by atoms with Gasteiger partial charge in [-0.3, -0.25) is 4.79 Å². The Balaban J connectivity index is 2.41. The monoisotopic (exact) mass is 203 g/mol. The van der Waals surface area contributed by atoms with Crippen LogP contribution >= 0.6 is 11.8 Å². The molecule has 1 fully saturated rings. The third-order valence-electron chi connectivity index (χ3n) is 2.30.